The monoisotopic (exact) mass is 187 g/mol. The van der Waals surface area contributed by atoms with Crippen LogP contribution in [0.1, 0.15) is 19.5 Å². The summed E-state index contributed by atoms with van der Waals surface area (Å²) in [5.41, 5.74) is 2.65. The lowest BCUT2D eigenvalue weighted by atomic mass is 10.3. The lowest BCUT2D eigenvalue weighted by Crippen LogP contribution is -1.99. The minimum atomic E-state index is 0.442. The minimum absolute atomic E-state index is 0.442. The zero-order valence-electron chi connectivity index (χ0n) is 8.41. The summed E-state index contributed by atoms with van der Waals surface area (Å²) in [6, 6.07) is 5.53. The van der Waals surface area contributed by atoms with Crippen molar-refractivity contribution in [3.8, 4) is 6.07 Å². The maximum Gasteiger partial charge on any atom is 0.140 e. The third-order valence-corrected chi connectivity index (χ3v) is 1.69. The van der Waals surface area contributed by atoms with Gasteiger partial charge >= 0.3 is 0 Å². The van der Waals surface area contributed by atoms with Gasteiger partial charge in [0.15, 0.2) is 0 Å². The second kappa shape index (κ2) is 5.03. The average molecular weight is 187 g/mol. The van der Waals surface area contributed by atoms with Crippen LogP contribution in [0, 0.1) is 11.3 Å². The molecule has 3 nitrogen and oxygen atoms in total. The van der Waals surface area contributed by atoms with Crippen LogP contribution < -0.4 is 5.32 Å². The molecule has 0 amide bonds. The van der Waals surface area contributed by atoms with Crippen LogP contribution in [0.4, 0.5) is 5.69 Å². The van der Waals surface area contributed by atoms with Crippen LogP contribution in [0.3, 0.4) is 0 Å². The van der Waals surface area contributed by atoms with Gasteiger partial charge in [-0.3, -0.25) is 0 Å². The van der Waals surface area contributed by atoms with Gasteiger partial charge in [0, 0.05) is 6.54 Å². The SMILES string of the molecule is CC(C)=CCNc1ccc(C#N)nc1. The van der Waals surface area contributed by atoms with Crippen LogP contribution in [0.25, 0.3) is 0 Å². The maximum atomic E-state index is 8.53. The van der Waals surface area contributed by atoms with E-state index in [4.69, 9.17) is 5.26 Å². The molecule has 0 bridgehead atoms. The van der Waals surface area contributed by atoms with Crippen molar-refractivity contribution in [2.75, 3.05) is 11.9 Å². The molecule has 1 aromatic heterocycles. The second-order valence-electron chi connectivity index (χ2n) is 3.21. The average Bonchev–Trinajstić information content (AvgIpc) is 2.18. The Bertz CT molecular complexity index is 353. The Morgan fingerprint density at radius 1 is 1.57 bits per heavy atom. The molecule has 0 aliphatic rings. The van der Waals surface area contributed by atoms with Crippen molar-refractivity contribution in [3.05, 3.63) is 35.7 Å². The highest BCUT2D eigenvalue weighted by atomic mass is 14.9. The molecule has 0 atom stereocenters. The van der Waals surface area contributed by atoms with Gasteiger partial charge in [-0.05, 0) is 26.0 Å². The molecule has 0 unspecified atom stereocenters. The number of hydrogen-bond acceptors (Lipinski definition) is 3. The van der Waals surface area contributed by atoms with Crippen LogP contribution in [0.15, 0.2) is 30.0 Å². The lowest BCUT2D eigenvalue weighted by molar-refractivity contribution is 1.22. The van der Waals surface area contributed by atoms with Crippen molar-refractivity contribution < 1.29 is 0 Å². The normalized spacial score (nSPS) is 8.93. The van der Waals surface area contributed by atoms with E-state index in [-0.39, 0.29) is 0 Å². The smallest absolute Gasteiger partial charge is 0.140 e. The molecular formula is C11H13N3. The third kappa shape index (κ3) is 3.28. The van der Waals surface area contributed by atoms with Crippen molar-refractivity contribution in [2.45, 2.75) is 13.8 Å². The van der Waals surface area contributed by atoms with Gasteiger partial charge in [0.2, 0.25) is 0 Å². The maximum absolute atomic E-state index is 8.53. The fraction of sp³-hybridized carbons (Fsp3) is 0.273. The number of allylic oxidation sites excluding steroid dienone is 1. The zero-order chi connectivity index (χ0) is 10.4. The fourth-order valence-corrected chi connectivity index (χ4v) is 0.938. The van der Waals surface area contributed by atoms with E-state index in [0.29, 0.717) is 5.69 Å². The Hall–Kier alpha value is -1.82. The number of nitriles is 1. The van der Waals surface area contributed by atoms with E-state index in [2.05, 4.69) is 30.2 Å². The van der Waals surface area contributed by atoms with Crippen molar-refractivity contribution in [3.63, 3.8) is 0 Å². The van der Waals surface area contributed by atoms with Crippen molar-refractivity contribution >= 4 is 5.69 Å². The number of nitrogens with one attached hydrogen (secondary N) is 1. The van der Waals surface area contributed by atoms with E-state index in [0.717, 1.165) is 12.2 Å². The van der Waals surface area contributed by atoms with E-state index >= 15 is 0 Å². The van der Waals surface area contributed by atoms with E-state index in [1.807, 2.05) is 12.1 Å². The summed E-state index contributed by atoms with van der Waals surface area (Å²) in [5.74, 6) is 0. The highest BCUT2D eigenvalue weighted by molar-refractivity contribution is 5.43. The Kier molecular flexibility index (Phi) is 3.69. The first-order valence-electron chi connectivity index (χ1n) is 4.46. The second-order valence-corrected chi connectivity index (χ2v) is 3.21. The number of anilines is 1. The van der Waals surface area contributed by atoms with E-state index in [1.54, 1.807) is 12.3 Å². The Labute approximate surface area is 84.1 Å². The summed E-state index contributed by atoms with van der Waals surface area (Å²) in [4.78, 5) is 3.95. The number of aromatic nitrogens is 1. The van der Waals surface area contributed by atoms with Gasteiger partial charge in [-0.2, -0.15) is 5.26 Å². The number of rotatable bonds is 3. The van der Waals surface area contributed by atoms with Gasteiger partial charge < -0.3 is 5.32 Å². The van der Waals surface area contributed by atoms with Gasteiger partial charge in [-0.15, -0.1) is 0 Å². The number of nitrogens with zero attached hydrogens (tertiary/aromatic N) is 2. The molecule has 0 aliphatic heterocycles. The molecule has 0 radical (unpaired) electrons. The number of hydrogen-bond donors (Lipinski definition) is 1. The molecule has 0 aromatic carbocycles. The molecule has 0 fully saturated rings. The Balaban J connectivity index is 2.53. The molecule has 3 heteroatoms. The summed E-state index contributed by atoms with van der Waals surface area (Å²) in [5, 5.41) is 11.7. The quantitative estimate of drug-likeness (QED) is 0.739. The van der Waals surface area contributed by atoms with Gasteiger partial charge in [0.25, 0.3) is 0 Å². The van der Waals surface area contributed by atoms with Crippen LogP contribution in [-0.2, 0) is 0 Å². The summed E-state index contributed by atoms with van der Waals surface area (Å²) in [6.07, 6.45) is 3.76. The highest BCUT2D eigenvalue weighted by Gasteiger charge is 1.92. The zero-order valence-corrected chi connectivity index (χ0v) is 8.41. The highest BCUT2D eigenvalue weighted by Crippen LogP contribution is 2.05. The van der Waals surface area contributed by atoms with Crippen molar-refractivity contribution in [1.82, 2.24) is 4.98 Å². The topological polar surface area (TPSA) is 48.7 Å². The molecular weight excluding hydrogens is 174 g/mol. The van der Waals surface area contributed by atoms with Crippen LogP contribution in [-0.4, -0.2) is 11.5 Å². The van der Waals surface area contributed by atoms with E-state index < -0.39 is 0 Å². The summed E-state index contributed by atoms with van der Waals surface area (Å²) < 4.78 is 0. The first kappa shape index (κ1) is 10.3. The Morgan fingerprint density at radius 3 is 2.86 bits per heavy atom. The third-order valence-electron chi connectivity index (χ3n) is 1.69. The van der Waals surface area contributed by atoms with Gasteiger partial charge in [0.1, 0.15) is 11.8 Å². The van der Waals surface area contributed by atoms with Gasteiger partial charge in [-0.1, -0.05) is 11.6 Å². The number of pyridine rings is 1. The van der Waals surface area contributed by atoms with Crippen LogP contribution in [0.5, 0.6) is 0 Å². The lowest BCUT2D eigenvalue weighted by Gasteiger charge is -2.02. The molecule has 1 rings (SSSR count). The molecule has 0 saturated heterocycles. The minimum Gasteiger partial charge on any atom is -0.380 e. The fourth-order valence-electron chi connectivity index (χ4n) is 0.938. The van der Waals surface area contributed by atoms with E-state index in [9.17, 15) is 0 Å². The largest absolute Gasteiger partial charge is 0.380 e. The molecule has 0 saturated carbocycles. The molecule has 1 heterocycles. The molecule has 0 aliphatic carbocycles. The standard InChI is InChI=1S/C11H13N3/c1-9(2)5-6-13-11-4-3-10(7-12)14-8-11/h3-5,8,13H,6H2,1-2H3. The van der Waals surface area contributed by atoms with E-state index in [1.165, 1.54) is 5.57 Å². The molecule has 1 N–H and O–H groups in total. The predicted molar refractivity (Wildman–Crippen MR) is 56.9 cm³/mol. The summed E-state index contributed by atoms with van der Waals surface area (Å²) in [7, 11) is 0. The first-order chi connectivity index (χ1) is 6.72. The predicted octanol–water partition coefficient (Wildman–Crippen LogP) is 2.33. The van der Waals surface area contributed by atoms with Gasteiger partial charge in [0.05, 0.1) is 11.9 Å². The Morgan fingerprint density at radius 2 is 2.36 bits per heavy atom. The molecule has 1 aromatic rings. The van der Waals surface area contributed by atoms with Crippen molar-refractivity contribution in [1.29, 1.82) is 5.26 Å². The van der Waals surface area contributed by atoms with Crippen LogP contribution >= 0.6 is 0 Å². The van der Waals surface area contributed by atoms with Gasteiger partial charge in [-0.25, -0.2) is 4.98 Å². The van der Waals surface area contributed by atoms with Crippen molar-refractivity contribution in [2.24, 2.45) is 0 Å². The molecule has 14 heavy (non-hydrogen) atoms. The molecule has 72 valence electrons. The first-order valence-corrected chi connectivity index (χ1v) is 4.46. The summed E-state index contributed by atoms with van der Waals surface area (Å²) >= 11 is 0. The van der Waals surface area contributed by atoms with Crippen LogP contribution in [0.2, 0.25) is 0 Å². The molecule has 0 spiro atoms. The summed E-state index contributed by atoms with van der Waals surface area (Å²) in [6.45, 7) is 4.90.